The molecule has 2 unspecified atom stereocenters. The number of unbranched alkanes of at least 4 members (excludes halogenated alkanes) is 56. The Morgan fingerprint density at radius 1 is 0.262 bits per heavy atom. The van der Waals surface area contributed by atoms with Gasteiger partial charge in [-0.2, -0.15) is 0 Å². The van der Waals surface area contributed by atoms with E-state index in [1.807, 2.05) is 0 Å². The van der Waals surface area contributed by atoms with E-state index < -0.39 is 97.5 Å². The minimum atomic E-state index is -4.96. The monoisotopic (exact) mass is 1510 g/mol. The van der Waals surface area contributed by atoms with E-state index in [1.54, 1.807) is 0 Å². The molecule has 612 valence electrons. The van der Waals surface area contributed by atoms with Crippen molar-refractivity contribution in [1.82, 2.24) is 0 Å². The Morgan fingerprint density at radius 3 is 0.660 bits per heavy atom. The Hall–Kier alpha value is -1.94. The van der Waals surface area contributed by atoms with Crippen LogP contribution in [0.3, 0.4) is 0 Å². The van der Waals surface area contributed by atoms with Gasteiger partial charge in [0.15, 0.2) is 12.2 Å². The van der Waals surface area contributed by atoms with Crippen molar-refractivity contribution in [3.63, 3.8) is 0 Å². The maximum Gasteiger partial charge on any atom is 0.472 e. The number of carbonyl (C=O) groups is 4. The van der Waals surface area contributed by atoms with Crippen molar-refractivity contribution in [2.75, 3.05) is 39.6 Å². The summed E-state index contributed by atoms with van der Waals surface area (Å²) < 4.78 is 68.8. The first kappa shape index (κ1) is 101. The van der Waals surface area contributed by atoms with Crippen molar-refractivity contribution in [1.29, 1.82) is 0 Å². The smallest absolute Gasteiger partial charge is 0.462 e. The highest BCUT2D eigenvalue weighted by Crippen LogP contribution is 2.45. The predicted molar refractivity (Wildman–Crippen MR) is 423 cm³/mol. The van der Waals surface area contributed by atoms with Crippen LogP contribution in [0.25, 0.3) is 0 Å². The number of hydrogen-bond donors (Lipinski definition) is 3. The third-order valence-electron chi connectivity index (χ3n) is 19.8. The highest BCUT2D eigenvalue weighted by Gasteiger charge is 2.30. The van der Waals surface area contributed by atoms with Crippen LogP contribution < -0.4 is 0 Å². The van der Waals surface area contributed by atoms with Crippen LogP contribution in [-0.2, 0) is 65.4 Å². The number of phosphoric acid groups is 2. The summed E-state index contributed by atoms with van der Waals surface area (Å²) in [6.07, 6.45) is 69.4. The molecule has 3 N–H and O–H groups in total. The van der Waals surface area contributed by atoms with E-state index >= 15 is 0 Å². The SMILES string of the molecule is CCCCCCCCCCCCCCCCCCCCCCCCC(=O)O[C@H](COC(=O)CCCCCCCCCCCCCCC(C)C)COP(=O)(O)OC[C@@H](O)COP(=O)(O)OC[C@@H](COC(=O)CCCCCCCCCCCCCC)OC(=O)CCCCCCCCCCCCCCCC. The molecule has 0 saturated heterocycles. The van der Waals surface area contributed by atoms with Crippen LogP contribution in [0.2, 0.25) is 0 Å². The van der Waals surface area contributed by atoms with E-state index in [1.165, 1.54) is 276 Å². The lowest BCUT2D eigenvalue weighted by molar-refractivity contribution is -0.161. The van der Waals surface area contributed by atoms with Gasteiger partial charge in [-0.05, 0) is 31.6 Å². The molecule has 17 nitrogen and oxygen atoms in total. The zero-order valence-corrected chi connectivity index (χ0v) is 69.3. The maximum absolute atomic E-state index is 13.1. The molecular weight excluding hydrogens is 1340 g/mol. The van der Waals surface area contributed by atoms with E-state index in [0.717, 1.165) is 95.8 Å². The fourth-order valence-corrected chi connectivity index (χ4v) is 14.7. The van der Waals surface area contributed by atoms with Gasteiger partial charge < -0.3 is 33.8 Å². The van der Waals surface area contributed by atoms with Crippen molar-refractivity contribution in [2.24, 2.45) is 5.92 Å². The van der Waals surface area contributed by atoms with Gasteiger partial charge in [0.1, 0.15) is 19.3 Å². The lowest BCUT2D eigenvalue weighted by Crippen LogP contribution is -2.30. The molecule has 0 aliphatic heterocycles. The molecule has 0 spiro atoms. The molecule has 0 aromatic heterocycles. The van der Waals surface area contributed by atoms with Crippen molar-refractivity contribution >= 4 is 39.5 Å². The molecule has 0 radical (unpaired) electrons. The molecule has 0 aliphatic carbocycles. The van der Waals surface area contributed by atoms with Crippen molar-refractivity contribution in [2.45, 2.75) is 470 Å². The number of hydrogen-bond acceptors (Lipinski definition) is 15. The van der Waals surface area contributed by atoms with Gasteiger partial charge in [0, 0.05) is 25.7 Å². The Bertz CT molecular complexity index is 1960. The Kier molecular flexibility index (Phi) is 75.4. The average Bonchev–Trinajstić information content (AvgIpc) is 0.911. The fourth-order valence-electron chi connectivity index (χ4n) is 13.1. The number of aliphatic hydroxyl groups excluding tert-OH is 1. The fraction of sp³-hybridized carbons (Fsp3) is 0.952. The quantitative estimate of drug-likeness (QED) is 0.0222. The van der Waals surface area contributed by atoms with Crippen molar-refractivity contribution in [3.8, 4) is 0 Å². The lowest BCUT2D eigenvalue weighted by atomic mass is 10.0. The molecule has 0 fully saturated rings. The van der Waals surface area contributed by atoms with Gasteiger partial charge in [-0.3, -0.25) is 37.3 Å². The number of phosphoric ester groups is 2. The highest BCUT2D eigenvalue weighted by atomic mass is 31.2. The van der Waals surface area contributed by atoms with Gasteiger partial charge in [0.25, 0.3) is 0 Å². The van der Waals surface area contributed by atoms with E-state index in [0.29, 0.717) is 25.7 Å². The highest BCUT2D eigenvalue weighted by molar-refractivity contribution is 7.47. The van der Waals surface area contributed by atoms with E-state index in [2.05, 4.69) is 34.6 Å². The van der Waals surface area contributed by atoms with Gasteiger partial charge in [-0.15, -0.1) is 0 Å². The van der Waals surface area contributed by atoms with Crippen LogP contribution in [0, 0.1) is 5.92 Å². The summed E-state index contributed by atoms with van der Waals surface area (Å²) in [4.78, 5) is 73.1. The summed E-state index contributed by atoms with van der Waals surface area (Å²) in [7, 11) is -9.92. The van der Waals surface area contributed by atoms with Gasteiger partial charge in [0.2, 0.25) is 0 Å². The van der Waals surface area contributed by atoms with Crippen LogP contribution in [-0.4, -0.2) is 96.7 Å². The Labute approximate surface area is 632 Å². The lowest BCUT2D eigenvalue weighted by Gasteiger charge is -2.21. The summed E-state index contributed by atoms with van der Waals surface area (Å²) in [6.45, 7) is 7.36. The molecule has 0 saturated carbocycles. The molecule has 0 rings (SSSR count). The first-order valence-corrected chi connectivity index (χ1v) is 46.6. The molecule has 5 atom stereocenters. The normalized spacial score (nSPS) is 13.8. The Balaban J connectivity index is 5.22. The summed E-state index contributed by atoms with van der Waals surface area (Å²) in [5.74, 6) is -1.32. The van der Waals surface area contributed by atoms with E-state index in [4.69, 9.17) is 37.0 Å². The third-order valence-corrected chi connectivity index (χ3v) is 21.7. The first-order chi connectivity index (χ1) is 50.0. The molecule has 103 heavy (non-hydrogen) atoms. The van der Waals surface area contributed by atoms with Gasteiger partial charge >= 0.3 is 39.5 Å². The van der Waals surface area contributed by atoms with Gasteiger partial charge in [0.05, 0.1) is 26.4 Å². The average molecular weight is 1510 g/mol. The van der Waals surface area contributed by atoms with Gasteiger partial charge in [-0.1, -0.05) is 401 Å². The number of ether oxygens (including phenoxy) is 4. The third kappa shape index (κ3) is 78.0. The zero-order valence-electron chi connectivity index (χ0n) is 67.5. The summed E-state index contributed by atoms with van der Waals surface area (Å²) >= 11 is 0. The van der Waals surface area contributed by atoms with Crippen molar-refractivity contribution in [3.05, 3.63) is 0 Å². The molecule has 0 aliphatic rings. The van der Waals surface area contributed by atoms with Gasteiger partial charge in [-0.25, -0.2) is 9.13 Å². The topological polar surface area (TPSA) is 237 Å². The second kappa shape index (κ2) is 76.8. The predicted octanol–water partition coefficient (Wildman–Crippen LogP) is 25.6. The molecule has 0 bridgehead atoms. The number of carbonyl (C=O) groups excluding carboxylic acids is 4. The number of rotatable bonds is 84. The summed E-state index contributed by atoms with van der Waals surface area (Å²) in [6, 6.07) is 0. The molecule has 19 heteroatoms. The standard InChI is InChI=1S/C84H164O17P2/c1-6-9-12-15-18-21-24-27-29-30-31-32-33-34-35-36-38-45-50-55-60-65-70-84(89)101-80(74-95-82(87)68-63-58-53-48-43-40-39-41-46-51-56-61-66-77(4)5)76-99-103(92,93)97-72-78(85)71-96-102(90,91)98-75-79(73-94-81(86)67-62-57-52-47-42-26-23-20-17-14-11-8-3)100-83(88)69-64-59-54-49-44-37-28-25-22-19-16-13-10-7-2/h77-80,85H,6-76H2,1-5H3,(H,90,91)(H,92,93)/t78-,79+,80+/m0/s1. The minimum Gasteiger partial charge on any atom is -0.462 e. The van der Waals surface area contributed by atoms with Crippen LogP contribution in [0.4, 0.5) is 0 Å². The van der Waals surface area contributed by atoms with Crippen molar-refractivity contribution < 1.29 is 80.2 Å². The number of aliphatic hydroxyl groups is 1. The molecule has 0 aromatic carbocycles. The summed E-state index contributed by atoms with van der Waals surface area (Å²) in [5, 5.41) is 10.7. The van der Waals surface area contributed by atoms with E-state index in [-0.39, 0.29) is 25.7 Å². The zero-order chi connectivity index (χ0) is 75.5. The second-order valence-electron chi connectivity index (χ2n) is 30.7. The first-order valence-electron chi connectivity index (χ1n) is 43.6. The van der Waals surface area contributed by atoms with Crippen LogP contribution >= 0.6 is 15.6 Å². The van der Waals surface area contributed by atoms with Crippen LogP contribution in [0.1, 0.15) is 452 Å². The van der Waals surface area contributed by atoms with E-state index in [9.17, 15) is 43.2 Å². The Morgan fingerprint density at radius 2 is 0.447 bits per heavy atom. The number of esters is 4. The molecular formula is C84H164O17P2. The van der Waals surface area contributed by atoms with Crippen LogP contribution in [0.5, 0.6) is 0 Å². The minimum absolute atomic E-state index is 0.109. The largest absolute Gasteiger partial charge is 0.472 e. The summed E-state index contributed by atoms with van der Waals surface area (Å²) in [5.41, 5.74) is 0. The van der Waals surface area contributed by atoms with Crippen LogP contribution in [0.15, 0.2) is 0 Å². The molecule has 0 amide bonds. The maximum atomic E-state index is 13.1. The molecule has 0 aromatic rings. The molecule has 0 heterocycles. The second-order valence-corrected chi connectivity index (χ2v) is 33.6.